The number of pyridine rings is 1. The van der Waals surface area contributed by atoms with Gasteiger partial charge in [-0.15, -0.1) is 11.3 Å². The number of nitrogens with one attached hydrogen (secondary N) is 1. The van der Waals surface area contributed by atoms with Crippen LogP contribution in [0.15, 0.2) is 23.7 Å². The molecular formula is C9H10N2S. The van der Waals surface area contributed by atoms with Crippen LogP contribution in [0.5, 0.6) is 0 Å². The third-order valence-electron chi connectivity index (χ3n) is 1.68. The minimum atomic E-state index is 0.943. The number of nitrogens with zero attached hydrogens (tertiary/aromatic N) is 1. The summed E-state index contributed by atoms with van der Waals surface area (Å²) in [7, 11) is 0. The van der Waals surface area contributed by atoms with Gasteiger partial charge in [-0.1, -0.05) is 0 Å². The lowest BCUT2D eigenvalue weighted by Crippen LogP contribution is -1.95. The molecule has 0 spiro atoms. The molecule has 2 aromatic rings. The highest BCUT2D eigenvalue weighted by Gasteiger charge is 1.96. The van der Waals surface area contributed by atoms with E-state index in [9.17, 15) is 0 Å². The van der Waals surface area contributed by atoms with E-state index in [4.69, 9.17) is 0 Å². The van der Waals surface area contributed by atoms with Crippen molar-refractivity contribution in [1.82, 2.24) is 4.98 Å². The fourth-order valence-electron chi connectivity index (χ4n) is 1.15. The third kappa shape index (κ3) is 1.28. The molecule has 2 nitrogen and oxygen atoms in total. The second-order valence-electron chi connectivity index (χ2n) is 2.56. The number of thiophene rings is 1. The molecule has 2 rings (SSSR count). The van der Waals surface area contributed by atoms with Gasteiger partial charge in [0.25, 0.3) is 0 Å². The van der Waals surface area contributed by atoms with Crippen molar-refractivity contribution >= 4 is 27.2 Å². The van der Waals surface area contributed by atoms with Crippen LogP contribution in [0.4, 0.5) is 5.69 Å². The van der Waals surface area contributed by atoms with Gasteiger partial charge in [-0.25, -0.2) is 0 Å². The van der Waals surface area contributed by atoms with Gasteiger partial charge in [0.15, 0.2) is 0 Å². The molecular weight excluding hydrogens is 168 g/mol. The van der Waals surface area contributed by atoms with Gasteiger partial charge in [0.2, 0.25) is 0 Å². The molecule has 12 heavy (non-hydrogen) atoms. The maximum absolute atomic E-state index is 4.31. The number of rotatable bonds is 2. The summed E-state index contributed by atoms with van der Waals surface area (Å²) in [6, 6.07) is 4.17. The maximum atomic E-state index is 4.31. The second-order valence-corrected chi connectivity index (χ2v) is 3.51. The molecule has 2 aromatic heterocycles. The van der Waals surface area contributed by atoms with Crippen LogP contribution in [0.2, 0.25) is 0 Å². The monoisotopic (exact) mass is 178 g/mol. The summed E-state index contributed by atoms with van der Waals surface area (Å²) in [5, 5.41) is 5.30. The lowest BCUT2D eigenvalue weighted by atomic mass is 10.3. The van der Waals surface area contributed by atoms with Gasteiger partial charge in [-0.3, -0.25) is 4.98 Å². The van der Waals surface area contributed by atoms with Crippen LogP contribution in [0.25, 0.3) is 10.2 Å². The lowest BCUT2D eigenvalue weighted by molar-refractivity contribution is 1.20. The Morgan fingerprint density at radius 3 is 3.33 bits per heavy atom. The molecule has 0 aliphatic heterocycles. The standard InChI is InChI=1S/C9H10N2S/c1-2-10-7-5-9-8(11-6-7)3-4-12-9/h3-6,10H,2H2,1H3. The molecule has 0 radical (unpaired) electrons. The first kappa shape index (κ1) is 7.55. The molecule has 0 amide bonds. The Morgan fingerprint density at radius 2 is 2.50 bits per heavy atom. The first-order chi connectivity index (χ1) is 5.90. The zero-order chi connectivity index (χ0) is 8.39. The Morgan fingerprint density at radius 1 is 1.58 bits per heavy atom. The van der Waals surface area contributed by atoms with Crippen molar-refractivity contribution in [3.63, 3.8) is 0 Å². The van der Waals surface area contributed by atoms with Crippen LogP contribution in [-0.2, 0) is 0 Å². The summed E-state index contributed by atoms with van der Waals surface area (Å²) in [6.45, 7) is 3.02. The van der Waals surface area contributed by atoms with Crippen LogP contribution in [0.1, 0.15) is 6.92 Å². The van der Waals surface area contributed by atoms with E-state index in [-0.39, 0.29) is 0 Å². The number of hydrogen-bond donors (Lipinski definition) is 1. The SMILES string of the molecule is CCNc1cnc2ccsc2c1. The Kier molecular flexibility index (Phi) is 1.96. The van der Waals surface area contributed by atoms with Gasteiger partial charge >= 0.3 is 0 Å². The van der Waals surface area contributed by atoms with E-state index in [1.807, 2.05) is 12.3 Å². The molecule has 0 unspecified atom stereocenters. The van der Waals surface area contributed by atoms with Crippen molar-refractivity contribution in [1.29, 1.82) is 0 Å². The summed E-state index contributed by atoms with van der Waals surface area (Å²) >= 11 is 1.72. The van der Waals surface area contributed by atoms with Crippen LogP contribution >= 0.6 is 11.3 Å². The van der Waals surface area contributed by atoms with Crippen molar-refractivity contribution in [2.24, 2.45) is 0 Å². The number of aromatic nitrogens is 1. The number of hydrogen-bond acceptors (Lipinski definition) is 3. The summed E-state index contributed by atoms with van der Waals surface area (Å²) in [5.74, 6) is 0. The van der Waals surface area contributed by atoms with Crippen LogP contribution in [0.3, 0.4) is 0 Å². The Labute approximate surface area is 75.3 Å². The van der Waals surface area contributed by atoms with Gasteiger partial charge in [-0.05, 0) is 24.4 Å². The van der Waals surface area contributed by atoms with Crippen molar-refractivity contribution in [3.05, 3.63) is 23.7 Å². The highest BCUT2D eigenvalue weighted by atomic mass is 32.1. The number of fused-ring (bicyclic) bond motifs is 1. The van der Waals surface area contributed by atoms with Crippen LogP contribution in [-0.4, -0.2) is 11.5 Å². The largest absolute Gasteiger partial charge is 0.384 e. The molecule has 62 valence electrons. The fourth-order valence-corrected chi connectivity index (χ4v) is 1.93. The first-order valence-electron chi connectivity index (χ1n) is 3.97. The van der Waals surface area contributed by atoms with Gasteiger partial charge in [0.05, 0.1) is 22.1 Å². The van der Waals surface area contributed by atoms with E-state index in [2.05, 4.69) is 28.7 Å². The van der Waals surface area contributed by atoms with E-state index < -0.39 is 0 Å². The number of anilines is 1. The van der Waals surface area contributed by atoms with Gasteiger partial charge in [0.1, 0.15) is 0 Å². The summed E-state index contributed by atoms with van der Waals surface area (Å²) in [5.41, 5.74) is 2.19. The third-order valence-corrected chi connectivity index (χ3v) is 2.54. The van der Waals surface area contributed by atoms with E-state index in [0.717, 1.165) is 17.7 Å². The molecule has 1 N–H and O–H groups in total. The van der Waals surface area contributed by atoms with E-state index in [1.165, 1.54) is 4.70 Å². The molecule has 3 heteroatoms. The Balaban J connectivity index is 2.46. The van der Waals surface area contributed by atoms with E-state index in [0.29, 0.717) is 0 Å². The molecule has 0 saturated heterocycles. The maximum Gasteiger partial charge on any atom is 0.0811 e. The first-order valence-corrected chi connectivity index (χ1v) is 4.85. The van der Waals surface area contributed by atoms with Gasteiger partial charge < -0.3 is 5.32 Å². The Hall–Kier alpha value is -1.09. The zero-order valence-corrected chi connectivity index (χ0v) is 7.69. The fraction of sp³-hybridized carbons (Fsp3) is 0.222. The lowest BCUT2D eigenvalue weighted by Gasteiger charge is -2.00. The van der Waals surface area contributed by atoms with E-state index in [1.54, 1.807) is 11.3 Å². The molecule has 0 saturated carbocycles. The predicted molar refractivity (Wildman–Crippen MR) is 53.8 cm³/mol. The summed E-state index contributed by atoms with van der Waals surface area (Å²) < 4.78 is 1.24. The average molecular weight is 178 g/mol. The molecule has 2 heterocycles. The van der Waals surface area contributed by atoms with Gasteiger partial charge in [-0.2, -0.15) is 0 Å². The summed E-state index contributed by atoms with van der Waals surface area (Å²) in [6.07, 6.45) is 1.87. The van der Waals surface area contributed by atoms with Crippen molar-refractivity contribution in [3.8, 4) is 0 Å². The smallest absolute Gasteiger partial charge is 0.0811 e. The van der Waals surface area contributed by atoms with Gasteiger partial charge in [0, 0.05) is 6.54 Å². The van der Waals surface area contributed by atoms with E-state index >= 15 is 0 Å². The minimum absolute atomic E-state index is 0.943. The second kappa shape index (κ2) is 3.11. The quantitative estimate of drug-likeness (QED) is 0.764. The Bertz CT molecular complexity index is 381. The molecule has 0 bridgehead atoms. The topological polar surface area (TPSA) is 24.9 Å². The highest BCUT2D eigenvalue weighted by molar-refractivity contribution is 7.17. The molecule has 0 atom stereocenters. The molecule has 0 fully saturated rings. The van der Waals surface area contributed by atoms with Crippen molar-refractivity contribution in [2.45, 2.75) is 6.92 Å². The average Bonchev–Trinajstić information content (AvgIpc) is 2.51. The molecule has 0 aliphatic carbocycles. The van der Waals surface area contributed by atoms with Crippen molar-refractivity contribution < 1.29 is 0 Å². The molecule has 0 aromatic carbocycles. The predicted octanol–water partition coefficient (Wildman–Crippen LogP) is 2.73. The van der Waals surface area contributed by atoms with Crippen LogP contribution < -0.4 is 5.32 Å². The summed E-state index contributed by atoms with van der Waals surface area (Å²) in [4.78, 5) is 4.31. The van der Waals surface area contributed by atoms with Crippen molar-refractivity contribution in [2.75, 3.05) is 11.9 Å². The minimum Gasteiger partial charge on any atom is -0.384 e. The normalized spacial score (nSPS) is 10.4. The zero-order valence-electron chi connectivity index (χ0n) is 6.87. The van der Waals surface area contributed by atoms with Crippen LogP contribution in [0, 0.1) is 0 Å². The molecule has 0 aliphatic rings. The highest BCUT2D eigenvalue weighted by Crippen LogP contribution is 2.21.